The fourth-order valence-electron chi connectivity index (χ4n) is 9.71. The molecule has 428 valence electrons. The van der Waals surface area contributed by atoms with Crippen LogP contribution in [0.1, 0.15) is 355 Å². The molecule has 1 atom stereocenters. The van der Waals surface area contributed by atoms with Gasteiger partial charge >= 0.3 is 17.9 Å². The Morgan fingerprint density at radius 3 is 0.822 bits per heavy atom. The van der Waals surface area contributed by atoms with E-state index in [2.05, 4.69) is 57.2 Å². The van der Waals surface area contributed by atoms with Crippen molar-refractivity contribution in [2.24, 2.45) is 0 Å². The maximum absolute atomic E-state index is 12.9. The van der Waals surface area contributed by atoms with E-state index in [1.54, 1.807) is 0 Å². The van der Waals surface area contributed by atoms with Crippen LogP contribution < -0.4 is 0 Å². The van der Waals surface area contributed by atoms with Crippen molar-refractivity contribution in [1.29, 1.82) is 0 Å². The Hall–Kier alpha value is -2.37. The minimum absolute atomic E-state index is 0.0725. The Morgan fingerprint density at radius 2 is 0.521 bits per heavy atom. The van der Waals surface area contributed by atoms with Gasteiger partial charge in [-0.1, -0.05) is 301 Å². The maximum atomic E-state index is 12.9. The zero-order valence-corrected chi connectivity index (χ0v) is 49.2. The van der Waals surface area contributed by atoms with Crippen molar-refractivity contribution < 1.29 is 28.6 Å². The molecule has 0 spiro atoms. The van der Waals surface area contributed by atoms with Crippen LogP contribution in [0.2, 0.25) is 0 Å². The minimum atomic E-state index is -0.775. The largest absolute Gasteiger partial charge is 0.462 e. The second kappa shape index (κ2) is 62.2. The molecule has 0 aliphatic heterocycles. The molecule has 0 aliphatic carbocycles. The van der Waals surface area contributed by atoms with Crippen molar-refractivity contribution in [2.75, 3.05) is 13.2 Å². The van der Waals surface area contributed by atoms with Crippen molar-refractivity contribution in [1.82, 2.24) is 0 Å². The lowest BCUT2D eigenvalue weighted by Crippen LogP contribution is -2.30. The van der Waals surface area contributed by atoms with Gasteiger partial charge in [-0.15, -0.1) is 0 Å². The molecule has 0 radical (unpaired) electrons. The second-order valence-electron chi connectivity index (χ2n) is 22.0. The van der Waals surface area contributed by atoms with Crippen LogP contribution in [0.15, 0.2) is 36.5 Å². The van der Waals surface area contributed by atoms with Gasteiger partial charge in [-0.2, -0.15) is 0 Å². The van der Waals surface area contributed by atoms with Crippen LogP contribution in [0, 0.1) is 0 Å². The highest BCUT2D eigenvalue weighted by molar-refractivity contribution is 5.71. The zero-order valence-electron chi connectivity index (χ0n) is 49.2. The van der Waals surface area contributed by atoms with Crippen LogP contribution in [0.3, 0.4) is 0 Å². The van der Waals surface area contributed by atoms with Gasteiger partial charge in [0.25, 0.3) is 0 Å². The SMILES string of the molecule is CCC/C=C\CCCCCCCC(=O)OCC(COC(=O)CCCCCCCCCCCCCCCCCCCCCCCCCC)OC(=O)CCCCCCCCCCC/C=C\C/C=C\CCCCCCC. The highest BCUT2D eigenvalue weighted by atomic mass is 16.6. The van der Waals surface area contributed by atoms with Gasteiger partial charge in [0.2, 0.25) is 0 Å². The van der Waals surface area contributed by atoms with Crippen molar-refractivity contribution in [3.63, 3.8) is 0 Å². The number of allylic oxidation sites excluding steroid dienone is 6. The van der Waals surface area contributed by atoms with E-state index in [1.807, 2.05) is 0 Å². The number of unbranched alkanes of at least 4 members (excludes halogenated alkanes) is 43. The first-order valence-corrected chi connectivity index (χ1v) is 32.5. The first-order chi connectivity index (χ1) is 36.0. The van der Waals surface area contributed by atoms with Gasteiger partial charge in [-0.3, -0.25) is 14.4 Å². The van der Waals surface area contributed by atoms with Crippen LogP contribution in [-0.4, -0.2) is 37.2 Å². The number of ether oxygens (including phenoxy) is 3. The van der Waals surface area contributed by atoms with E-state index in [4.69, 9.17) is 14.2 Å². The minimum Gasteiger partial charge on any atom is -0.462 e. The van der Waals surface area contributed by atoms with Crippen LogP contribution in [0.5, 0.6) is 0 Å². The van der Waals surface area contributed by atoms with E-state index in [0.717, 1.165) is 77.0 Å². The molecule has 0 amide bonds. The van der Waals surface area contributed by atoms with Crippen molar-refractivity contribution in [2.45, 2.75) is 361 Å². The number of carbonyl (C=O) groups excluding carboxylic acids is 3. The molecular formula is C67H124O6. The Labute approximate surface area is 455 Å². The first-order valence-electron chi connectivity index (χ1n) is 32.5. The molecule has 0 aromatic rings. The number of hydrogen-bond donors (Lipinski definition) is 0. The molecule has 0 saturated heterocycles. The number of hydrogen-bond acceptors (Lipinski definition) is 6. The summed E-state index contributed by atoms with van der Waals surface area (Å²) in [6.07, 6.45) is 76.0. The normalized spacial score (nSPS) is 12.2. The summed E-state index contributed by atoms with van der Waals surface area (Å²) in [6, 6.07) is 0. The molecule has 6 heteroatoms. The molecule has 0 bridgehead atoms. The van der Waals surface area contributed by atoms with Gasteiger partial charge < -0.3 is 14.2 Å². The summed E-state index contributed by atoms with van der Waals surface area (Å²) in [7, 11) is 0. The molecule has 0 rings (SSSR count). The molecule has 0 fully saturated rings. The third-order valence-corrected chi connectivity index (χ3v) is 14.6. The molecule has 0 aromatic heterocycles. The quantitative estimate of drug-likeness (QED) is 0.0261. The Morgan fingerprint density at radius 1 is 0.274 bits per heavy atom. The third kappa shape index (κ3) is 60.4. The Kier molecular flexibility index (Phi) is 60.2. The standard InChI is InChI=1S/C67H124O6/c1-4-7-10-13-16-19-22-24-26-28-30-32-33-34-36-37-39-41-43-45-48-51-54-57-60-66(69)72-63-64(62-71-65(68)59-56-53-50-47-21-18-15-12-9-6-3)73-67(70)61-58-55-52-49-46-44-42-40-38-35-31-29-27-25-23-20-17-14-11-8-5-2/h12,15,23,25,29,31,64H,4-11,13-14,16-22,24,26-28,30,32-63H2,1-3H3/b15-12-,25-23-,31-29-. The average molecular weight is 1030 g/mol. The fraction of sp³-hybridized carbons (Fsp3) is 0.866. The second-order valence-corrected chi connectivity index (χ2v) is 22.0. The number of esters is 3. The molecule has 0 saturated carbocycles. The van der Waals surface area contributed by atoms with Crippen molar-refractivity contribution >= 4 is 17.9 Å². The summed E-state index contributed by atoms with van der Waals surface area (Å²) in [6.45, 7) is 6.62. The summed E-state index contributed by atoms with van der Waals surface area (Å²) in [5.74, 6) is -0.866. The molecule has 1 unspecified atom stereocenters. The van der Waals surface area contributed by atoms with Gasteiger partial charge in [0.1, 0.15) is 13.2 Å². The molecule has 73 heavy (non-hydrogen) atoms. The molecule has 0 N–H and O–H groups in total. The summed E-state index contributed by atoms with van der Waals surface area (Å²) in [5, 5.41) is 0. The van der Waals surface area contributed by atoms with Crippen LogP contribution in [0.4, 0.5) is 0 Å². The Bertz CT molecular complexity index is 1220. The molecule has 0 aromatic carbocycles. The molecular weight excluding hydrogens is 901 g/mol. The van der Waals surface area contributed by atoms with Crippen molar-refractivity contribution in [3.05, 3.63) is 36.5 Å². The summed E-state index contributed by atoms with van der Waals surface area (Å²) in [4.78, 5) is 38.2. The van der Waals surface area contributed by atoms with Gasteiger partial charge in [0.15, 0.2) is 6.10 Å². The van der Waals surface area contributed by atoms with Crippen LogP contribution in [0.25, 0.3) is 0 Å². The topological polar surface area (TPSA) is 78.9 Å². The summed E-state index contributed by atoms with van der Waals surface area (Å²) >= 11 is 0. The molecule has 0 heterocycles. The van der Waals surface area contributed by atoms with Crippen LogP contribution >= 0.6 is 0 Å². The van der Waals surface area contributed by atoms with Gasteiger partial charge in [0, 0.05) is 19.3 Å². The lowest BCUT2D eigenvalue weighted by atomic mass is 10.0. The fourth-order valence-corrected chi connectivity index (χ4v) is 9.71. The third-order valence-electron chi connectivity index (χ3n) is 14.6. The monoisotopic (exact) mass is 1020 g/mol. The van der Waals surface area contributed by atoms with Crippen molar-refractivity contribution in [3.8, 4) is 0 Å². The predicted molar refractivity (Wildman–Crippen MR) is 316 cm³/mol. The summed E-state index contributed by atoms with van der Waals surface area (Å²) < 4.78 is 16.9. The zero-order chi connectivity index (χ0) is 52.9. The highest BCUT2D eigenvalue weighted by Crippen LogP contribution is 2.18. The van der Waals surface area contributed by atoms with E-state index in [-0.39, 0.29) is 31.1 Å². The molecule has 0 aliphatic rings. The van der Waals surface area contributed by atoms with E-state index < -0.39 is 6.10 Å². The molecule has 6 nitrogen and oxygen atoms in total. The van der Waals surface area contributed by atoms with E-state index >= 15 is 0 Å². The lowest BCUT2D eigenvalue weighted by molar-refractivity contribution is -0.167. The van der Waals surface area contributed by atoms with Gasteiger partial charge in [0.05, 0.1) is 0 Å². The smallest absolute Gasteiger partial charge is 0.306 e. The first kappa shape index (κ1) is 70.6. The Balaban J connectivity index is 4.19. The van der Waals surface area contributed by atoms with E-state index in [9.17, 15) is 14.4 Å². The van der Waals surface area contributed by atoms with E-state index in [1.165, 1.54) is 238 Å². The van der Waals surface area contributed by atoms with Gasteiger partial charge in [-0.25, -0.2) is 0 Å². The van der Waals surface area contributed by atoms with Gasteiger partial charge in [-0.05, 0) is 70.6 Å². The number of rotatable bonds is 60. The summed E-state index contributed by atoms with van der Waals surface area (Å²) in [5.41, 5.74) is 0. The number of carbonyl (C=O) groups is 3. The predicted octanol–water partition coefficient (Wildman–Crippen LogP) is 22.0. The highest BCUT2D eigenvalue weighted by Gasteiger charge is 2.19. The lowest BCUT2D eigenvalue weighted by Gasteiger charge is -2.18. The van der Waals surface area contributed by atoms with Crippen LogP contribution in [-0.2, 0) is 28.6 Å². The maximum Gasteiger partial charge on any atom is 0.306 e. The van der Waals surface area contributed by atoms with E-state index in [0.29, 0.717) is 19.3 Å². The average Bonchev–Trinajstić information content (AvgIpc) is 3.39.